The molecule has 10 heavy (non-hydrogen) atoms. The van der Waals surface area contributed by atoms with E-state index in [4.69, 9.17) is 0 Å². The summed E-state index contributed by atoms with van der Waals surface area (Å²) in [7, 11) is 1.43. The Morgan fingerprint density at radius 1 is 1.70 bits per heavy atom. The third-order valence-corrected chi connectivity index (χ3v) is 1.56. The van der Waals surface area contributed by atoms with E-state index in [0.29, 0.717) is 6.42 Å². The predicted molar refractivity (Wildman–Crippen MR) is 37.8 cm³/mol. The maximum absolute atomic E-state index is 10.9. The van der Waals surface area contributed by atoms with Gasteiger partial charge in [0.15, 0.2) is 5.78 Å². The van der Waals surface area contributed by atoms with Crippen molar-refractivity contribution in [2.24, 2.45) is 0 Å². The molecule has 0 aliphatic carbocycles. The molecular weight excluding hydrogens is 132 g/mol. The van der Waals surface area contributed by atoms with Crippen LogP contribution in [0.1, 0.15) is 20.3 Å². The molecule has 0 heterocycles. The summed E-state index contributed by atoms with van der Waals surface area (Å²) in [5, 5.41) is 9.29. The Balaban J connectivity index is 3.91. The molecule has 0 aromatic carbocycles. The lowest BCUT2D eigenvalue weighted by Crippen LogP contribution is -2.36. The molecule has 0 saturated carbocycles. The van der Waals surface area contributed by atoms with Gasteiger partial charge in [-0.1, -0.05) is 6.92 Å². The van der Waals surface area contributed by atoms with Gasteiger partial charge in [0.05, 0.1) is 0 Å². The predicted octanol–water partition coefficient (Wildman–Crippen LogP) is 0.363. The largest absolute Gasteiger partial charge is 0.382 e. The fraction of sp³-hybridized carbons (Fsp3) is 0.857. The van der Waals surface area contributed by atoms with Gasteiger partial charge in [0.25, 0.3) is 0 Å². The second-order valence-corrected chi connectivity index (χ2v) is 2.48. The SMILES string of the molecule is CCC(C)(O)C(=O)COC. The lowest BCUT2D eigenvalue weighted by atomic mass is 9.99. The zero-order valence-corrected chi connectivity index (χ0v) is 6.68. The summed E-state index contributed by atoms with van der Waals surface area (Å²) in [6.07, 6.45) is 0.426. The van der Waals surface area contributed by atoms with Crippen LogP contribution in [0.4, 0.5) is 0 Å². The zero-order chi connectivity index (χ0) is 8.20. The second kappa shape index (κ2) is 3.68. The molecule has 0 radical (unpaired) electrons. The number of carbonyl (C=O) groups excluding carboxylic acids is 1. The van der Waals surface area contributed by atoms with Gasteiger partial charge >= 0.3 is 0 Å². The molecule has 0 aliphatic heterocycles. The van der Waals surface area contributed by atoms with E-state index < -0.39 is 5.60 Å². The maximum atomic E-state index is 10.9. The van der Waals surface area contributed by atoms with Crippen LogP contribution in [0.15, 0.2) is 0 Å². The topological polar surface area (TPSA) is 46.5 Å². The van der Waals surface area contributed by atoms with Crippen molar-refractivity contribution in [2.75, 3.05) is 13.7 Å². The van der Waals surface area contributed by atoms with Crippen LogP contribution < -0.4 is 0 Å². The van der Waals surface area contributed by atoms with E-state index >= 15 is 0 Å². The minimum absolute atomic E-state index is 0.0131. The van der Waals surface area contributed by atoms with Crippen LogP contribution in [-0.4, -0.2) is 30.2 Å². The zero-order valence-electron chi connectivity index (χ0n) is 6.68. The Kier molecular flexibility index (Phi) is 3.53. The van der Waals surface area contributed by atoms with Crippen molar-refractivity contribution in [3.8, 4) is 0 Å². The fourth-order valence-electron chi connectivity index (χ4n) is 0.484. The van der Waals surface area contributed by atoms with Gasteiger partial charge in [0.2, 0.25) is 0 Å². The van der Waals surface area contributed by atoms with Crippen LogP contribution in [0, 0.1) is 0 Å². The highest BCUT2D eigenvalue weighted by Crippen LogP contribution is 2.09. The monoisotopic (exact) mass is 146 g/mol. The van der Waals surface area contributed by atoms with Gasteiger partial charge < -0.3 is 9.84 Å². The first-order chi connectivity index (χ1) is 4.54. The lowest BCUT2D eigenvalue weighted by Gasteiger charge is -2.18. The number of hydrogen-bond donors (Lipinski definition) is 1. The van der Waals surface area contributed by atoms with Crippen LogP contribution in [0.3, 0.4) is 0 Å². The van der Waals surface area contributed by atoms with Crippen molar-refractivity contribution in [2.45, 2.75) is 25.9 Å². The Labute approximate surface area is 61.0 Å². The fourth-order valence-corrected chi connectivity index (χ4v) is 0.484. The Hall–Kier alpha value is -0.410. The van der Waals surface area contributed by atoms with E-state index in [1.807, 2.05) is 0 Å². The summed E-state index contributed by atoms with van der Waals surface area (Å²) < 4.78 is 4.58. The highest BCUT2D eigenvalue weighted by Gasteiger charge is 2.26. The van der Waals surface area contributed by atoms with Crippen LogP contribution in [-0.2, 0) is 9.53 Å². The number of methoxy groups -OCH3 is 1. The molecule has 0 amide bonds. The quantitative estimate of drug-likeness (QED) is 0.623. The molecule has 0 aromatic rings. The number of aliphatic hydroxyl groups is 1. The molecular formula is C7H14O3. The summed E-state index contributed by atoms with van der Waals surface area (Å²) in [4.78, 5) is 10.9. The summed E-state index contributed by atoms with van der Waals surface area (Å²) >= 11 is 0. The smallest absolute Gasteiger partial charge is 0.189 e. The molecule has 1 unspecified atom stereocenters. The summed E-state index contributed by atoms with van der Waals surface area (Å²) in [5.74, 6) is -0.266. The van der Waals surface area contributed by atoms with Crippen LogP contribution in [0.2, 0.25) is 0 Å². The van der Waals surface area contributed by atoms with Crippen LogP contribution in [0.5, 0.6) is 0 Å². The molecule has 1 atom stereocenters. The van der Waals surface area contributed by atoms with Gasteiger partial charge in [-0.2, -0.15) is 0 Å². The summed E-state index contributed by atoms with van der Waals surface area (Å²) in [5.41, 5.74) is -1.21. The summed E-state index contributed by atoms with van der Waals surface area (Å²) in [6.45, 7) is 3.24. The van der Waals surface area contributed by atoms with Gasteiger partial charge in [-0.3, -0.25) is 4.79 Å². The molecule has 0 bridgehead atoms. The molecule has 0 rings (SSSR count). The van der Waals surface area contributed by atoms with Gasteiger partial charge in [-0.15, -0.1) is 0 Å². The lowest BCUT2D eigenvalue weighted by molar-refractivity contribution is -0.139. The van der Waals surface area contributed by atoms with E-state index in [1.54, 1.807) is 6.92 Å². The third kappa shape index (κ3) is 2.45. The molecule has 0 aliphatic rings. The van der Waals surface area contributed by atoms with Gasteiger partial charge in [-0.25, -0.2) is 0 Å². The van der Waals surface area contributed by atoms with Crippen molar-refractivity contribution in [3.05, 3.63) is 0 Å². The molecule has 0 fully saturated rings. The number of ether oxygens (including phenoxy) is 1. The van der Waals surface area contributed by atoms with Crippen molar-refractivity contribution >= 4 is 5.78 Å². The average molecular weight is 146 g/mol. The van der Waals surface area contributed by atoms with Crippen molar-refractivity contribution in [1.29, 1.82) is 0 Å². The number of carbonyl (C=O) groups is 1. The van der Waals surface area contributed by atoms with E-state index in [2.05, 4.69) is 4.74 Å². The number of rotatable bonds is 4. The average Bonchev–Trinajstić information content (AvgIpc) is 1.89. The second-order valence-electron chi connectivity index (χ2n) is 2.48. The van der Waals surface area contributed by atoms with Crippen molar-refractivity contribution < 1.29 is 14.6 Å². The highest BCUT2D eigenvalue weighted by atomic mass is 16.5. The number of hydrogen-bond acceptors (Lipinski definition) is 3. The Morgan fingerprint density at radius 2 is 2.20 bits per heavy atom. The number of ketones is 1. The molecule has 3 heteroatoms. The third-order valence-electron chi connectivity index (χ3n) is 1.56. The minimum Gasteiger partial charge on any atom is -0.382 e. The highest BCUT2D eigenvalue weighted by molar-refractivity contribution is 5.87. The first-order valence-corrected chi connectivity index (χ1v) is 3.29. The molecule has 60 valence electrons. The van der Waals surface area contributed by atoms with Gasteiger partial charge in [-0.05, 0) is 13.3 Å². The normalized spacial score (nSPS) is 16.4. The van der Waals surface area contributed by atoms with Gasteiger partial charge in [0.1, 0.15) is 12.2 Å². The minimum atomic E-state index is -1.21. The first kappa shape index (κ1) is 9.59. The standard InChI is InChI=1S/C7H14O3/c1-4-7(2,9)6(8)5-10-3/h9H,4-5H2,1-3H3. The van der Waals surface area contributed by atoms with E-state index in [-0.39, 0.29) is 12.4 Å². The van der Waals surface area contributed by atoms with Crippen molar-refractivity contribution in [3.63, 3.8) is 0 Å². The van der Waals surface area contributed by atoms with E-state index in [9.17, 15) is 9.90 Å². The Morgan fingerprint density at radius 3 is 2.50 bits per heavy atom. The molecule has 0 aromatic heterocycles. The molecule has 1 N–H and O–H groups in total. The van der Waals surface area contributed by atoms with Gasteiger partial charge in [0, 0.05) is 7.11 Å². The van der Waals surface area contributed by atoms with Crippen LogP contribution >= 0.6 is 0 Å². The molecule has 0 spiro atoms. The van der Waals surface area contributed by atoms with Crippen LogP contribution in [0.25, 0.3) is 0 Å². The molecule has 0 saturated heterocycles. The summed E-state index contributed by atoms with van der Waals surface area (Å²) in [6, 6.07) is 0. The van der Waals surface area contributed by atoms with E-state index in [1.165, 1.54) is 14.0 Å². The number of Topliss-reactive ketones (excluding diaryl/α,β-unsaturated/α-hetero) is 1. The van der Waals surface area contributed by atoms with E-state index in [0.717, 1.165) is 0 Å². The molecule has 3 nitrogen and oxygen atoms in total. The first-order valence-electron chi connectivity index (χ1n) is 3.29. The maximum Gasteiger partial charge on any atom is 0.189 e. The van der Waals surface area contributed by atoms with Crippen molar-refractivity contribution in [1.82, 2.24) is 0 Å². The Bertz CT molecular complexity index is 118.